The number of amides is 3. The number of nitrogens with zero attached hydrogens (tertiary/aromatic N) is 2. The Balaban J connectivity index is 1.59. The lowest BCUT2D eigenvalue weighted by molar-refractivity contribution is -0.135. The molecule has 168 valence electrons. The zero-order chi connectivity index (χ0) is 22.7. The van der Waals surface area contributed by atoms with E-state index in [2.05, 4.69) is 15.9 Å². The molecule has 0 aromatic heterocycles. The van der Waals surface area contributed by atoms with E-state index in [0.29, 0.717) is 25.8 Å². The Morgan fingerprint density at radius 1 is 1.12 bits per heavy atom. The van der Waals surface area contributed by atoms with Crippen LogP contribution in [0.4, 0.5) is 9.59 Å². The van der Waals surface area contributed by atoms with Gasteiger partial charge in [0.15, 0.2) is 0 Å². The fourth-order valence-corrected chi connectivity index (χ4v) is 5.06. The summed E-state index contributed by atoms with van der Waals surface area (Å²) in [5, 5.41) is 9.39. The van der Waals surface area contributed by atoms with Crippen molar-refractivity contribution in [3.05, 3.63) is 70.2 Å². The highest BCUT2D eigenvalue weighted by atomic mass is 79.9. The number of hydrogen-bond acceptors (Lipinski definition) is 4. The molecule has 32 heavy (non-hydrogen) atoms. The van der Waals surface area contributed by atoms with Crippen LogP contribution in [0.3, 0.4) is 0 Å². The van der Waals surface area contributed by atoms with Crippen LogP contribution in [0.15, 0.2) is 59.1 Å². The molecule has 0 spiro atoms. The average molecular weight is 501 g/mol. The van der Waals surface area contributed by atoms with E-state index in [1.807, 2.05) is 54.6 Å². The number of carboxylic acid groups (broad SMARTS) is 1. The zero-order valence-electron chi connectivity index (χ0n) is 17.5. The summed E-state index contributed by atoms with van der Waals surface area (Å²) >= 11 is 3.47. The van der Waals surface area contributed by atoms with Gasteiger partial charge in [-0.15, -0.1) is 0 Å². The van der Waals surface area contributed by atoms with Gasteiger partial charge in [0.2, 0.25) is 5.91 Å². The second-order valence-electron chi connectivity index (χ2n) is 8.35. The summed E-state index contributed by atoms with van der Waals surface area (Å²) < 4.78 is 6.17. The molecule has 4 rings (SSSR count). The van der Waals surface area contributed by atoms with E-state index < -0.39 is 18.1 Å². The summed E-state index contributed by atoms with van der Waals surface area (Å²) in [6, 6.07) is 17.0. The summed E-state index contributed by atoms with van der Waals surface area (Å²) in [4.78, 5) is 40.4. The summed E-state index contributed by atoms with van der Waals surface area (Å²) in [6.07, 6.45) is -0.0679. The van der Waals surface area contributed by atoms with E-state index in [4.69, 9.17) is 4.74 Å². The lowest BCUT2D eigenvalue weighted by Crippen LogP contribution is -2.46. The van der Waals surface area contributed by atoms with E-state index in [9.17, 15) is 19.5 Å². The van der Waals surface area contributed by atoms with Crippen molar-refractivity contribution in [1.29, 1.82) is 0 Å². The first-order chi connectivity index (χ1) is 15.4. The average Bonchev–Trinajstić information content (AvgIpc) is 3.40. The Morgan fingerprint density at radius 3 is 2.56 bits per heavy atom. The third kappa shape index (κ3) is 4.96. The Kier molecular flexibility index (Phi) is 6.79. The number of cyclic esters (lactones) is 1. The molecule has 2 heterocycles. The molecular formula is C24H25BrN2O5. The van der Waals surface area contributed by atoms with Crippen molar-refractivity contribution < 1.29 is 24.2 Å². The van der Waals surface area contributed by atoms with Crippen LogP contribution >= 0.6 is 15.9 Å². The van der Waals surface area contributed by atoms with Crippen molar-refractivity contribution in [2.45, 2.75) is 25.3 Å². The third-order valence-electron chi connectivity index (χ3n) is 6.24. The van der Waals surface area contributed by atoms with E-state index in [1.165, 1.54) is 9.80 Å². The first-order valence-corrected chi connectivity index (χ1v) is 11.5. The Morgan fingerprint density at radius 2 is 1.88 bits per heavy atom. The van der Waals surface area contributed by atoms with Crippen LogP contribution in [0.5, 0.6) is 0 Å². The largest absolute Gasteiger partial charge is 0.465 e. The van der Waals surface area contributed by atoms with Gasteiger partial charge in [0.1, 0.15) is 6.61 Å². The van der Waals surface area contributed by atoms with Crippen LogP contribution in [0.1, 0.15) is 17.5 Å². The van der Waals surface area contributed by atoms with Gasteiger partial charge in [0.05, 0.1) is 6.04 Å². The normalized spacial score (nSPS) is 21.5. The Hall–Kier alpha value is -2.87. The van der Waals surface area contributed by atoms with Crippen LogP contribution < -0.4 is 0 Å². The summed E-state index contributed by atoms with van der Waals surface area (Å²) in [7, 11) is 0. The molecule has 0 saturated carbocycles. The van der Waals surface area contributed by atoms with Gasteiger partial charge >= 0.3 is 12.2 Å². The highest BCUT2D eigenvalue weighted by molar-refractivity contribution is 9.10. The van der Waals surface area contributed by atoms with Crippen molar-refractivity contribution in [2.24, 2.45) is 11.8 Å². The minimum atomic E-state index is -0.983. The maximum absolute atomic E-state index is 13.8. The SMILES string of the molecule is O=C(O)N1CC[C@@H](C(Cc2cccc(Br)c2)C(=O)N2C(=O)OC[C@H]2Cc2ccccc2)C1. The minimum absolute atomic E-state index is 0.162. The van der Waals surface area contributed by atoms with Crippen LogP contribution in [0.25, 0.3) is 0 Å². The highest BCUT2D eigenvalue weighted by Gasteiger charge is 2.44. The second kappa shape index (κ2) is 9.73. The monoisotopic (exact) mass is 500 g/mol. The van der Waals surface area contributed by atoms with Crippen molar-refractivity contribution in [3.8, 4) is 0 Å². The molecule has 2 aromatic carbocycles. The summed E-state index contributed by atoms with van der Waals surface area (Å²) in [6.45, 7) is 0.834. The minimum Gasteiger partial charge on any atom is -0.465 e. The third-order valence-corrected chi connectivity index (χ3v) is 6.73. The molecule has 7 nitrogen and oxygen atoms in total. The van der Waals surface area contributed by atoms with Gasteiger partial charge in [-0.2, -0.15) is 0 Å². The Bertz CT molecular complexity index is 999. The van der Waals surface area contributed by atoms with Gasteiger partial charge in [0.25, 0.3) is 0 Å². The topological polar surface area (TPSA) is 87.2 Å². The first-order valence-electron chi connectivity index (χ1n) is 10.7. The van der Waals surface area contributed by atoms with Crippen molar-refractivity contribution >= 4 is 34.0 Å². The number of imide groups is 1. The summed E-state index contributed by atoms with van der Waals surface area (Å²) in [5.41, 5.74) is 1.98. The molecule has 2 aliphatic heterocycles. The van der Waals surface area contributed by atoms with Crippen LogP contribution in [-0.2, 0) is 22.4 Å². The molecule has 0 radical (unpaired) electrons. The van der Waals surface area contributed by atoms with E-state index in [-0.39, 0.29) is 31.0 Å². The molecule has 1 N–H and O–H groups in total. The molecule has 3 amide bonds. The quantitative estimate of drug-likeness (QED) is 0.642. The molecule has 2 aliphatic rings. The molecule has 2 fully saturated rings. The van der Waals surface area contributed by atoms with Crippen LogP contribution in [0.2, 0.25) is 0 Å². The molecule has 0 aliphatic carbocycles. The fourth-order valence-electron chi connectivity index (χ4n) is 4.61. The number of carbonyl (C=O) groups is 3. The summed E-state index contributed by atoms with van der Waals surface area (Å²) in [5.74, 6) is -0.966. The van der Waals surface area contributed by atoms with E-state index in [1.54, 1.807) is 0 Å². The maximum atomic E-state index is 13.8. The van der Waals surface area contributed by atoms with E-state index >= 15 is 0 Å². The van der Waals surface area contributed by atoms with Crippen LogP contribution in [-0.4, -0.2) is 58.7 Å². The van der Waals surface area contributed by atoms with Gasteiger partial charge in [0, 0.05) is 23.5 Å². The fraction of sp³-hybridized carbons (Fsp3) is 0.375. The molecular weight excluding hydrogens is 476 g/mol. The number of ether oxygens (including phenoxy) is 1. The standard InChI is InChI=1S/C24H25BrN2O5/c25-19-8-4-7-17(11-19)13-21(18-9-10-26(14-18)23(29)30)22(28)27-20(15-32-24(27)31)12-16-5-2-1-3-6-16/h1-8,11,18,20-21H,9-10,12-15H2,(H,29,30)/t18-,20-,21?/m1/s1. The lowest BCUT2D eigenvalue weighted by atomic mass is 9.84. The number of benzene rings is 2. The first kappa shape index (κ1) is 22.3. The van der Waals surface area contributed by atoms with Crippen molar-refractivity contribution in [1.82, 2.24) is 9.80 Å². The van der Waals surface area contributed by atoms with Gasteiger partial charge < -0.3 is 14.7 Å². The van der Waals surface area contributed by atoms with E-state index in [0.717, 1.165) is 15.6 Å². The lowest BCUT2D eigenvalue weighted by Gasteiger charge is -2.28. The van der Waals surface area contributed by atoms with Crippen LogP contribution in [0, 0.1) is 11.8 Å². The van der Waals surface area contributed by atoms with Crippen molar-refractivity contribution in [2.75, 3.05) is 19.7 Å². The smallest absolute Gasteiger partial charge is 0.416 e. The second-order valence-corrected chi connectivity index (χ2v) is 9.26. The predicted octanol–water partition coefficient (Wildman–Crippen LogP) is 4.20. The number of hydrogen-bond donors (Lipinski definition) is 1. The van der Waals surface area contributed by atoms with Crippen molar-refractivity contribution in [3.63, 3.8) is 0 Å². The zero-order valence-corrected chi connectivity index (χ0v) is 19.1. The molecule has 2 saturated heterocycles. The van der Waals surface area contributed by atoms with Gasteiger partial charge in [-0.25, -0.2) is 14.5 Å². The molecule has 3 atom stereocenters. The van der Waals surface area contributed by atoms with Gasteiger partial charge in [-0.3, -0.25) is 4.79 Å². The predicted molar refractivity (Wildman–Crippen MR) is 121 cm³/mol. The number of halogens is 1. The number of likely N-dealkylation sites (tertiary alicyclic amines) is 1. The number of rotatable bonds is 6. The molecule has 2 aromatic rings. The van der Waals surface area contributed by atoms with Gasteiger partial charge in [-0.1, -0.05) is 58.4 Å². The Labute approximate surface area is 195 Å². The molecule has 8 heteroatoms. The van der Waals surface area contributed by atoms with Gasteiger partial charge in [-0.05, 0) is 48.4 Å². The highest BCUT2D eigenvalue weighted by Crippen LogP contribution is 2.32. The molecule has 0 bridgehead atoms. The maximum Gasteiger partial charge on any atom is 0.416 e. The number of carbonyl (C=O) groups excluding carboxylic acids is 2. The molecule has 1 unspecified atom stereocenters.